The summed E-state index contributed by atoms with van der Waals surface area (Å²) in [4.78, 5) is 15.8. The zero-order valence-electron chi connectivity index (χ0n) is 8.44. The van der Waals surface area contributed by atoms with E-state index in [1.54, 1.807) is 22.7 Å². The van der Waals surface area contributed by atoms with Gasteiger partial charge in [-0.25, -0.2) is 4.79 Å². The van der Waals surface area contributed by atoms with E-state index in [1.165, 1.54) is 6.20 Å². The zero-order chi connectivity index (χ0) is 11.8. The first-order valence-corrected chi connectivity index (χ1v) is 5.56. The predicted molar refractivity (Wildman–Crippen MR) is 61.1 cm³/mol. The molecular formula is C10H6N4O2S. The van der Waals surface area contributed by atoms with Crippen LogP contribution >= 0.6 is 11.3 Å². The zero-order valence-corrected chi connectivity index (χ0v) is 9.26. The average Bonchev–Trinajstić information content (AvgIpc) is 2.89. The van der Waals surface area contributed by atoms with Gasteiger partial charge in [0.05, 0.1) is 0 Å². The monoisotopic (exact) mass is 246 g/mol. The summed E-state index contributed by atoms with van der Waals surface area (Å²) in [5, 5.41) is 16.8. The second kappa shape index (κ2) is 3.63. The van der Waals surface area contributed by atoms with E-state index in [0.717, 1.165) is 11.3 Å². The maximum Gasteiger partial charge on any atom is 0.347 e. The molecule has 0 radical (unpaired) electrons. The lowest BCUT2D eigenvalue weighted by Crippen LogP contribution is -1.93. The third-order valence-corrected chi connectivity index (χ3v) is 3.18. The van der Waals surface area contributed by atoms with Gasteiger partial charge in [-0.15, -0.1) is 10.2 Å². The van der Waals surface area contributed by atoms with E-state index in [1.807, 2.05) is 6.07 Å². The Bertz CT molecular complexity index is 689. The standard InChI is InChI=1S/C10H6N4O2S/c15-9(16)7-5-14-8(12-13-10(14)17-7)6-3-1-2-4-11-6/h1-5H,(H,15,16). The van der Waals surface area contributed by atoms with Crippen molar-refractivity contribution in [2.45, 2.75) is 0 Å². The van der Waals surface area contributed by atoms with Crippen LogP contribution in [0.4, 0.5) is 0 Å². The van der Waals surface area contributed by atoms with Crippen LogP contribution in [0.15, 0.2) is 30.6 Å². The molecule has 7 heteroatoms. The average molecular weight is 246 g/mol. The summed E-state index contributed by atoms with van der Waals surface area (Å²) in [6.07, 6.45) is 3.16. The maximum atomic E-state index is 10.8. The topological polar surface area (TPSA) is 80.4 Å². The van der Waals surface area contributed by atoms with Gasteiger partial charge in [-0.2, -0.15) is 0 Å². The number of carbonyl (C=O) groups is 1. The van der Waals surface area contributed by atoms with E-state index in [2.05, 4.69) is 15.2 Å². The number of aromatic nitrogens is 4. The number of pyridine rings is 1. The second-order valence-electron chi connectivity index (χ2n) is 3.29. The number of carboxylic acids is 1. The fraction of sp³-hybridized carbons (Fsp3) is 0. The third kappa shape index (κ3) is 1.56. The molecule has 0 saturated carbocycles. The fourth-order valence-corrected chi connectivity index (χ4v) is 2.23. The maximum absolute atomic E-state index is 10.8. The summed E-state index contributed by atoms with van der Waals surface area (Å²) in [5.74, 6) is -0.420. The summed E-state index contributed by atoms with van der Waals surface area (Å²) >= 11 is 1.08. The number of thiazole rings is 1. The van der Waals surface area contributed by atoms with Crippen molar-refractivity contribution >= 4 is 22.3 Å². The van der Waals surface area contributed by atoms with Crippen LogP contribution in [-0.2, 0) is 0 Å². The molecule has 0 amide bonds. The molecule has 0 aromatic carbocycles. The van der Waals surface area contributed by atoms with Gasteiger partial charge in [0, 0.05) is 12.4 Å². The van der Waals surface area contributed by atoms with Gasteiger partial charge >= 0.3 is 5.97 Å². The molecule has 0 aliphatic heterocycles. The number of hydrogen-bond acceptors (Lipinski definition) is 5. The van der Waals surface area contributed by atoms with E-state index in [-0.39, 0.29) is 4.88 Å². The molecule has 1 N–H and O–H groups in total. The van der Waals surface area contributed by atoms with Crippen molar-refractivity contribution < 1.29 is 9.90 Å². The largest absolute Gasteiger partial charge is 0.477 e. The molecule has 0 aliphatic rings. The fourth-order valence-electron chi connectivity index (χ4n) is 1.47. The Morgan fingerprint density at radius 2 is 2.24 bits per heavy atom. The van der Waals surface area contributed by atoms with Crippen molar-refractivity contribution in [3.05, 3.63) is 35.5 Å². The molecule has 0 spiro atoms. The summed E-state index contributed by atoms with van der Waals surface area (Å²) in [5.41, 5.74) is 0.662. The van der Waals surface area contributed by atoms with Gasteiger partial charge in [-0.3, -0.25) is 9.38 Å². The Morgan fingerprint density at radius 1 is 1.35 bits per heavy atom. The number of nitrogens with zero attached hydrogens (tertiary/aromatic N) is 4. The van der Waals surface area contributed by atoms with Crippen molar-refractivity contribution in [2.24, 2.45) is 0 Å². The molecule has 0 bridgehead atoms. The number of fused-ring (bicyclic) bond motifs is 1. The molecule has 0 atom stereocenters. The number of hydrogen-bond donors (Lipinski definition) is 1. The molecular weight excluding hydrogens is 240 g/mol. The summed E-state index contributed by atoms with van der Waals surface area (Å²) in [6.45, 7) is 0. The summed E-state index contributed by atoms with van der Waals surface area (Å²) in [6, 6.07) is 5.44. The molecule has 3 heterocycles. The lowest BCUT2D eigenvalue weighted by Gasteiger charge is -1.94. The lowest BCUT2D eigenvalue weighted by molar-refractivity contribution is 0.0702. The molecule has 6 nitrogen and oxygen atoms in total. The van der Waals surface area contributed by atoms with E-state index >= 15 is 0 Å². The number of rotatable bonds is 2. The molecule has 3 aromatic heterocycles. The molecule has 3 rings (SSSR count). The SMILES string of the molecule is O=C(O)c1cn2c(-c3ccccn3)nnc2s1. The predicted octanol–water partition coefficient (Wildman–Crippen LogP) is 1.55. The van der Waals surface area contributed by atoms with Crippen LogP contribution in [0.2, 0.25) is 0 Å². The first-order valence-electron chi connectivity index (χ1n) is 4.75. The molecule has 0 unspecified atom stereocenters. The highest BCUT2D eigenvalue weighted by atomic mass is 32.1. The van der Waals surface area contributed by atoms with E-state index in [4.69, 9.17) is 5.11 Å². The van der Waals surface area contributed by atoms with E-state index < -0.39 is 5.97 Å². The van der Waals surface area contributed by atoms with Gasteiger partial charge in [0.25, 0.3) is 0 Å². The molecule has 0 fully saturated rings. The van der Waals surface area contributed by atoms with Crippen LogP contribution in [0.3, 0.4) is 0 Å². The van der Waals surface area contributed by atoms with Crippen LogP contribution in [0.5, 0.6) is 0 Å². The molecule has 0 aliphatic carbocycles. The van der Waals surface area contributed by atoms with Gasteiger partial charge in [0.2, 0.25) is 4.96 Å². The van der Waals surface area contributed by atoms with Crippen molar-refractivity contribution in [2.75, 3.05) is 0 Å². The second-order valence-corrected chi connectivity index (χ2v) is 4.30. The summed E-state index contributed by atoms with van der Waals surface area (Å²) in [7, 11) is 0. The minimum Gasteiger partial charge on any atom is -0.477 e. The molecule has 84 valence electrons. The van der Waals surface area contributed by atoms with Gasteiger partial charge < -0.3 is 5.11 Å². The van der Waals surface area contributed by atoms with Crippen LogP contribution in [-0.4, -0.2) is 30.7 Å². The highest BCUT2D eigenvalue weighted by Gasteiger charge is 2.15. The van der Waals surface area contributed by atoms with Gasteiger partial charge in [0.15, 0.2) is 5.82 Å². The summed E-state index contributed by atoms with van der Waals surface area (Å²) < 4.78 is 1.64. The normalized spacial score (nSPS) is 10.8. The minimum atomic E-state index is -0.965. The van der Waals surface area contributed by atoms with Crippen LogP contribution in [0, 0.1) is 0 Å². The number of carboxylic acid groups (broad SMARTS) is 1. The van der Waals surface area contributed by atoms with Crippen molar-refractivity contribution in [3.63, 3.8) is 0 Å². The molecule has 17 heavy (non-hydrogen) atoms. The quantitative estimate of drug-likeness (QED) is 0.742. The van der Waals surface area contributed by atoms with Crippen molar-refractivity contribution in [3.8, 4) is 11.5 Å². The first-order chi connectivity index (χ1) is 8.25. The number of aromatic carboxylic acids is 1. The van der Waals surface area contributed by atoms with Crippen LogP contribution < -0.4 is 0 Å². The highest BCUT2D eigenvalue weighted by molar-refractivity contribution is 7.18. The lowest BCUT2D eigenvalue weighted by atomic mass is 10.3. The molecule has 0 saturated heterocycles. The van der Waals surface area contributed by atoms with E-state index in [0.29, 0.717) is 16.5 Å². The van der Waals surface area contributed by atoms with Crippen molar-refractivity contribution in [1.82, 2.24) is 19.6 Å². The minimum absolute atomic E-state index is 0.229. The van der Waals surface area contributed by atoms with Gasteiger partial charge in [-0.1, -0.05) is 17.4 Å². The third-order valence-electron chi connectivity index (χ3n) is 2.22. The Kier molecular flexibility index (Phi) is 2.12. The first kappa shape index (κ1) is 9.91. The molecule has 3 aromatic rings. The smallest absolute Gasteiger partial charge is 0.347 e. The Hall–Kier alpha value is -2.28. The Balaban J connectivity index is 2.21. The van der Waals surface area contributed by atoms with Crippen LogP contribution in [0.25, 0.3) is 16.5 Å². The van der Waals surface area contributed by atoms with Gasteiger partial charge in [-0.05, 0) is 12.1 Å². The van der Waals surface area contributed by atoms with Gasteiger partial charge in [0.1, 0.15) is 10.6 Å². The Morgan fingerprint density at radius 3 is 2.94 bits per heavy atom. The van der Waals surface area contributed by atoms with Crippen molar-refractivity contribution in [1.29, 1.82) is 0 Å². The highest BCUT2D eigenvalue weighted by Crippen LogP contribution is 2.22. The van der Waals surface area contributed by atoms with Crippen LogP contribution in [0.1, 0.15) is 9.67 Å². The Labute approximate surface area is 99.2 Å². The van der Waals surface area contributed by atoms with E-state index in [9.17, 15) is 4.79 Å².